The summed E-state index contributed by atoms with van der Waals surface area (Å²) in [6.07, 6.45) is 6.97. The molecule has 34 heavy (non-hydrogen) atoms. The normalized spacial score (nSPS) is 15.8. The Bertz CT molecular complexity index is 1200. The van der Waals surface area contributed by atoms with Crippen LogP contribution in [0.5, 0.6) is 5.75 Å². The van der Waals surface area contributed by atoms with Gasteiger partial charge in [0.15, 0.2) is 31.0 Å². The predicted octanol–water partition coefficient (Wildman–Crippen LogP) is 7.53. The van der Waals surface area contributed by atoms with E-state index in [1.54, 1.807) is 44.2 Å². The molecule has 0 amide bonds. The molecule has 0 aromatic heterocycles. The highest BCUT2D eigenvalue weighted by atomic mass is 19.2. The predicted molar refractivity (Wildman–Crippen MR) is 131 cm³/mol. The second kappa shape index (κ2) is 10.5. The smallest absolute Gasteiger partial charge is 0.201 e. The molecule has 176 valence electrons. The molecule has 0 N–H and O–H groups in total. The van der Waals surface area contributed by atoms with E-state index >= 15 is 8.78 Å². The van der Waals surface area contributed by atoms with Crippen LogP contribution in [0.3, 0.4) is 0 Å². The van der Waals surface area contributed by atoms with Gasteiger partial charge >= 0.3 is 0 Å². The molecule has 1 aliphatic carbocycles. The molecule has 1 atom stereocenters. The van der Waals surface area contributed by atoms with Crippen molar-refractivity contribution in [1.29, 1.82) is 0 Å². The molecule has 3 aromatic rings. The van der Waals surface area contributed by atoms with Crippen LogP contribution in [0.2, 0.25) is 0 Å². The Kier molecular flexibility index (Phi) is 7.45. The Labute approximate surface area is 198 Å². The number of halogens is 4. The SMILES string of the molecule is BCOc1ccc(-c2ccc(-c3ccc(C4=CCC(CCC)CC4)c(F)c3F)cc2)c(F)c1F. The van der Waals surface area contributed by atoms with Crippen molar-refractivity contribution in [3.05, 3.63) is 83.4 Å². The van der Waals surface area contributed by atoms with Gasteiger partial charge in [0.1, 0.15) is 0 Å². The highest BCUT2D eigenvalue weighted by Crippen LogP contribution is 2.37. The van der Waals surface area contributed by atoms with Crippen LogP contribution < -0.4 is 4.74 Å². The van der Waals surface area contributed by atoms with E-state index < -0.39 is 23.3 Å². The number of hydrogen-bond donors (Lipinski definition) is 0. The van der Waals surface area contributed by atoms with E-state index in [9.17, 15) is 8.78 Å². The van der Waals surface area contributed by atoms with Gasteiger partial charge in [-0.25, -0.2) is 13.2 Å². The minimum Gasteiger partial charge on any atom is -0.500 e. The van der Waals surface area contributed by atoms with E-state index in [1.807, 2.05) is 6.08 Å². The van der Waals surface area contributed by atoms with Gasteiger partial charge in [-0.15, -0.1) is 0 Å². The summed E-state index contributed by atoms with van der Waals surface area (Å²) in [5, 5.41) is 0. The molecule has 1 unspecified atom stereocenters. The first kappa shape index (κ1) is 24.1. The summed E-state index contributed by atoms with van der Waals surface area (Å²) in [5.41, 5.74) is 2.26. The van der Waals surface area contributed by atoms with Crippen LogP contribution in [0.25, 0.3) is 27.8 Å². The van der Waals surface area contributed by atoms with E-state index in [-0.39, 0.29) is 23.4 Å². The van der Waals surface area contributed by atoms with Gasteiger partial charge in [0.05, 0.1) is 6.51 Å². The van der Waals surface area contributed by atoms with Crippen molar-refractivity contribution in [2.75, 3.05) is 6.51 Å². The summed E-state index contributed by atoms with van der Waals surface area (Å²) in [4.78, 5) is 0. The number of rotatable bonds is 7. The number of allylic oxidation sites excluding steroid dienone is 2. The van der Waals surface area contributed by atoms with Crippen molar-refractivity contribution in [2.24, 2.45) is 5.92 Å². The van der Waals surface area contributed by atoms with Crippen molar-refractivity contribution >= 4 is 13.4 Å². The lowest BCUT2D eigenvalue weighted by Crippen LogP contribution is -2.06. The molecular weight excluding hydrogens is 439 g/mol. The molecule has 1 nitrogen and oxygen atoms in total. The van der Waals surface area contributed by atoms with Gasteiger partial charge in [-0.3, -0.25) is 0 Å². The fraction of sp³-hybridized carbons (Fsp3) is 0.286. The minimum atomic E-state index is -1.05. The third kappa shape index (κ3) is 4.77. The van der Waals surface area contributed by atoms with Gasteiger partial charge in [-0.05, 0) is 54.0 Å². The first-order chi connectivity index (χ1) is 16.4. The first-order valence-electron chi connectivity index (χ1n) is 11.8. The highest BCUT2D eigenvalue weighted by molar-refractivity contribution is 6.08. The molecule has 6 heteroatoms. The zero-order valence-corrected chi connectivity index (χ0v) is 19.4. The summed E-state index contributed by atoms with van der Waals surface area (Å²) in [5.74, 6) is -3.34. The van der Waals surface area contributed by atoms with Crippen molar-refractivity contribution in [2.45, 2.75) is 39.0 Å². The quantitative estimate of drug-likeness (QED) is 0.258. The van der Waals surface area contributed by atoms with Crippen molar-refractivity contribution in [1.82, 2.24) is 0 Å². The molecule has 0 saturated carbocycles. The van der Waals surface area contributed by atoms with Crippen LogP contribution in [0.4, 0.5) is 17.6 Å². The van der Waals surface area contributed by atoms with E-state index in [0.717, 1.165) is 37.7 Å². The summed E-state index contributed by atoms with van der Waals surface area (Å²) >= 11 is 0. The van der Waals surface area contributed by atoms with Gasteiger partial charge < -0.3 is 4.74 Å². The van der Waals surface area contributed by atoms with Crippen LogP contribution in [-0.2, 0) is 0 Å². The van der Waals surface area contributed by atoms with Crippen LogP contribution >= 0.6 is 0 Å². The van der Waals surface area contributed by atoms with E-state index in [4.69, 9.17) is 4.74 Å². The third-order valence-corrected chi connectivity index (χ3v) is 6.50. The molecule has 0 radical (unpaired) electrons. The highest BCUT2D eigenvalue weighted by Gasteiger charge is 2.21. The van der Waals surface area contributed by atoms with Crippen molar-refractivity contribution in [3.63, 3.8) is 0 Å². The monoisotopic (exact) mass is 466 g/mol. The van der Waals surface area contributed by atoms with Crippen LogP contribution in [-0.4, -0.2) is 14.4 Å². The molecule has 0 spiro atoms. The van der Waals surface area contributed by atoms with Gasteiger partial charge in [-0.2, -0.15) is 4.39 Å². The van der Waals surface area contributed by atoms with Crippen LogP contribution in [0.15, 0.2) is 54.6 Å². The molecular formula is C28H27BF4O. The minimum absolute atomic E-state index is 0.0696. The molecule has 0 saturated heterocycles. The topological polar surface area (TPSA) is 9.23 Å². The zero-order chi connectivity index (χ0) is 24.2. The maximum atomic E-state index is 15.0. The average Bonchev–Trinajstić information content (AvgIpc) is 2.85. The number of ether oxygens (including phenoxy) is 1. The van der Waals surface area contributed by atoms with Crippen LogP contribution in [0, 0.1) is 29.2 Å². The van der Waals surface area contributed by atoms with E-state index in [2.05, 4.69) is 6.92 Å². The lowest BCUT2D eigenvalue weighted by atomic mass is 9.84. The lowest BCUT2D eigenvalue weighted by Gasteiger charge is -2.22. The molecule has 0 heterocycles. The fourth-order valence-electron chi connectivity index (χ4n) is 4.67. The Hall–Kier alpha value is -3.02. The maximum absolute atomic E-state index is 15.0. The summed E-state index contributed by atoms with van der Waals surface area (Å²) in [7, 11) is 1.69. The second-order valence-electron chi connectivity index (χ2n) is 8.70. The maximum Gasteiger partial charge on any atom is 0.201 e. The Morgan fingerprint density at radius 3 is 1.91 bits per heavy atom. The largest absolute Gasteiger partial charge is 0.500 e. The van der Waals surface area contributed by atoms with Crippen LogP contribution in [0.1, 0.15) is 44.6 Å². The number of benzene rings is 3. The molecule has 0 fully saturated rings. The molecule has 1 aliphatic rings. The van der Waals surface area contributed by atoms with Gasteiger partial charge in [0.2, 0.25) is 5.82 Å². The van der Waals surface area contributed by atoms with Crippen molar-refractivity contribution < 1.29 is 22.3 Å². The second-order valence-corrected chi connectivity index (χ2v) is 8.70. The van der Waals surface area contributed by atoms with E-state index in [1.165, 1.54) is 12.1 Å². The summed E-state index contributed by atoms with van der Waals surface area (Å²) in [6.45, 7) is 2.38. The Balaban J connectivity index is 1.59. The molecule has 4 rings (SSSR count). The Morgan fingerprint density at radius 1 is 0.794 bits per heavy atom. The van der Waals surface area contributed by atoms with Crippen molar-refractivity contribution in [3.8, 4) is 28.0 Å². The molecule has 0 bridgehead atoms. The van der Waals surface area contributed by atoms with Gasteiger partial charge in [0.25, 0.3) is 0 Å². The first-order valence-corrected chi connectivity index (χ1v) is 11.8. The number of hydrogen-bond acceptors (Lipinski definition) is 1. The fourth-order valence-corrected chi connectivity index (χ4v) is 4.67. The summed E-state index contributed by atoms with van der Waals surface area (Å²) < 4.78 is 63.9. The summed E-state index contributed by atoms with van der Waals surface area (Å²) in [6, 6.07) is 12.3. The molecule has 3 aromatic carbocycles. The van der Waals surface area contributed by atoms with Gasteiger partial charge in [-0.1, -0.05) is 62.2 Å². The standard InChI is InChI=1S/C28H27BF4O/c1-2-3-17-4-6-18(7-5-17)21-12-13-22(26(31)25(21)30)19-8-10-20(11-9-19)23-14-15-24(34-16-29)28(33)27(23)32/h6,8-15,17H,2-5,7,16,29H2,1H3. The average molecular weight is 466 g/mol. The zero-order valence-electron chi connectivity index (χ0n) is 19.4. The third-order valence-electron chi connectivity index (χ3n) is 6.50. The van der Waals surface area contributed by atoms with E-state index in [0.29, 0.717) is 22.6 Å². The molecule has 0 aliphatic heterocycles. The lowest BCUT2D eigenvalue weighted by molar-refractivity contribution is 0.352. The Morgan fingerprint density at radius 2 is 1.35 bits per heavy atom. The van der Waals surface area contributed by atoms with Gasteiger partial charge in [0, 0.05) is 16.7 Å².